The fourth-order valence-corrected chi connectivity index (χ4v) is 2.68. The summed E-state index contributed by atoms with van der Waals surface area (Å²) < 4.78 is 0. The monoisotopic (exact) mass is 342 g/mol. The Labute approximate surface area is 152 Å². The average Bonchev–Trinajstić information content (AvgIpc) is 2.61. The molecule has 0 spiro atoms. The number of aromatic nitrogens is 1. The minimum atomic E-state index is -0.258. The lowest BCUT2D eigenvalue weighted by molar-refractivity contribution is 0.102. The van der Waals surface area contributed by atoms with Crippen LogP contribution in [0.3, 0.4) is 0 Å². The van der Waals surface area contributed by atoms with Gasteiger partial charge in [-0.15, -0.1) is 0 Å². The van der Waals surface area contributed by atoms with E-state index in [9.17, 15) is 4.79 Å². The minimum Gasteiger partial charge on any atom is -0.354 e. The van der Waals surface area contributed by atoms with Gasteiger partial charge in [-0.25, -0.2) is 0 Å². The number of nitrogens with one attached hydrogen (secondary N) is 2. The maximum absolute atomic E-state index is 12.4. The second-order valence-corrected chi connectivity index (χ2v) is 6.11. The lowest BCUT2D eigenvalue weighted by atomic mass is 10.1. The van der Waals surface area contributed by atoms with Gasteiger partial charge in [0.1, 0.15) is 0 Å². The summed E-state index contributed by atoms with van der Waals surface area (Å²) in [5, 5.41) is 14.9. The van der Waals surface area contributed by atoms with Crippen molar-refractivity contribution in [3.8, 4) is 6.07 Å². The van der Waals surface area contributed by atoms with Crippen LogP contribution in [-0.2, 0) is 0 Å². The number of hydrogen-bond acceptors (Lipinski definition) is 4. The number of amides is 1. The van der Waals surface area contributed by atoms with Crippen molar-refractivity contribution in [2.24, 2.45) is 0 Å². The quantitative estimate of drug-likeness (QED) is 0.728. The Morgan fingerprint density at radius 2 is 1.62 bits per heavy atom. The third-order valence-corrected chi connectivity index (χ3v) is 3.78. The van der Waals surface area contributed by atoms with Crippen LogP contribution in [0.15, 0.2) is 60.9 Å². The molecule has 0 aliphatic carbocycles. The number of hydrogen-bond donors (Lipinski definition) is 2. The molecule has 0 saturated heterocycles. The van der Waals surface area contributed by atoms with Crippen LogP contribution in [-0.4, -0.2) is 10.9 Å². The zero-order valence-corrected chi connectivity index (χ0v) is 14.6. The normalized spacial score (nSPS) is 10.0. The Bertz CT molecular complexity index is 967. The van der Waals surface area contributed by atoms with E-state index < -0.39 is 0 Å². The van der Waals surface area contributed by atoms with Crippen molar-refractivity contribution in [3.05, 3.63) is 83.2 Å². The molecule has 0 radical (unpaired) electrons. The Morgan fingerprint density at radius 3 is 2.27 bits per heavy atom. The van der Waals surface area contributed by atoms with Crippen LogP contribution in [0.4, 0.5) is 17.1 Å². The van der Waals surface area contributed by atoms with E-state index in [-0.39, 0.29) is 5.91 Å². The average molecular weight is 342 g/mol. The van der Waals surface area contributed by atoms with Crippen LogP contribution in [0.25, 0.3) is 0 Å². The molecule has 128 valence electrons. The third kappa shape index (κ3) is 4.25. The highest BCUT2D eigenvalue weighted by Gasteiger charge is 2.08. The van der Waals surface area contributed by atoms with Crippen LogP contribution >= 0.6 is 0 Å². The van der Waals surface area contributed by atoms with E-state index in [2.05, 4.69) is 21.7 Å². The van der Waals surface area contributed by atoms with E-state index in [1.54, 1.807) is 36.5 Å². The summed E-state index contributed by atoms with van der Waals surface area (Å²) in [6.45, 7) is 4.08. The standard InChI is InChI=1S/C21H18N4O/c1-14-7-15(2)9-19(8-14)24-20-10-17(12-23-13-20)21(26)25-18-5-3-16(11-22)4-6-18/h3-10,12-13,24H,1-2H3,(H,25,26). The van der Waals surface area contributed by atoms with Crippen LogP contribution in [0, 0.1) is 25.2 Å². The molecule has 0 unspecified atom stereocenters. The van der Waals surface area contributed by atoms with Crippen molar-refractivity contribution >= 4 is 23.0 Å². The highest BCUT2D eigenvalue weighted by atomic mass is 16.1. The molecule has 0 saturated carbocycles. The van der Waals surface area contributed by atoms with Crippen molar-refractivity contribution in [2.75, 3.05) is 10.6 Å². The second-order valence-electron chi connectivity index (χ2n) is 6.11. The first-order valence-corrected chi connectivity index (χ1v) is 8.15. The molecular weight excluding hydrogens is 324 g/mol. The number of nitriles is 1. The van der Waals surface area contributed by atoms with E-state index in [0.29, 0.717) is 16.8 Å². The van der Waals surface area contributed by atoms with Gasteiger partial charge < -0.3 is 10.6 Å². The predicted octanol–water partition coefficient (Wildman–Crippen LogP) is 4.57. The molecule has 1 amide bonds. The van der Waals surface area contributed by atoms with E-state index in [0.717, 1.165) is 22.5 Å². The van der Waals surface area contributed by atoms with E-state index >= 15 is 0 Å². The molecule has 0 atom stereocenters. The summed E-state index contributed by atoms with van der Waals surface area (Å²) >= 11 is 0. The molecule has 0 aliphatic heterocycles. The van der Waals surface area contributed by atoms with Crippen molar-refractivity contribution in [3.63, 3.8) is 0 Å². The minimum absolute atomic E-state index is 0.258. The predicted molar refractivity (Wildman–Crippen MR) is 103 cm³/mol. The fraction of sp³-hybridized carbons (Fsp3) is 0.0952. The van der Waals surface area contributed by atoms with Gasteiger partial charge in [0.15, 0.2) is 0 Å². The lowest BCUT2D eigenvalue weighted by Crippen LogP contribution is -2.12. The van der Waals surface area contributed by atoms with E-state index in [1.807, 2.05) is 32.0 Å². The molecule has 26 heavy (non-hydrogen) atoms. The van der Waals surface area contributed by atoms with Gasteiger partial charge in [-0.05, 0) is 67.4 Å². The molecule has 5 nitrogen and oxygen atoms in total. The molecular formula is C21H18N4O. The Morgan fingerprint density at radius 1 is 0.923 bits per heavy atom. The van der Waals surface area contributed by atoms with Gasteiger partial charge in [0, 0.05) is 17.6 Å². The Kier molecular flexibility index (Phi) is 4.95. The number of aryl methyl sites for hydroxylation is 2. The van der Waals surface area contributed by atoms with Gasteiger partial charge in [0.2, 0.25) is 0 Å². The van der Waals surface area contributed by atoms with Gasteiger partial charge in [0.25, 0.3) is 5.91 Å². The molecule has 3 aromatic rings. The fourth-order valence-electron chi connectivity index (χ4n) is 2.68. The summed E-state index contributed by atoms with van der Waals surface area (Å²) in [5.41, 5.74) is 5.64. The summed E-state index contributed by atoms with van der Waals surface area (Å²) in [5.74, 6) is -0.258. The summed E-state index contributed by atoms with van der Waals surface area (Å²) in [7, 11) is 0. The van der Waals surface area contributed by atoms with Crippen molar-refractivity contribution in [1.82, 2.24) is 4.98 Å². The van der Waals surface area contributed by atoms with Crippen molar-refractivity contribution < 1.29 is 4.79 Å². The van der Waals surface area contributed by atoms with Crippen LogP contribution in [0.5, 0.6) is 0 Å². The third-order valence-electron chi connectivity index (χ3n) is 3.78. The van der Waals surface area contributed by atoms with Crippen LogP contribution in [0.2, 0.25) is 0 Å². The number of nitrogens with zero attached hydrogens (tertiary/aromatic N) is 2. The molecule has 0 aliphatic rings. The maximum atomic E-state index is 12.4. The molecule has 0 bridgehead atoms. The summed E-state index contributed by atoms with van der Waals surface area (Å²) in [6.07, 6.45) is 3.20. The second kappa shape index (κ2) is 7.49. The molecule has 1 heterocycles. The van der Waals surface area contributed by atoms with Gasteiger partial charge >= 0.3 is 0 Å². The molecule has 2 aromatic carbocycles. The summed E-state index contributed by atoms with van der Waals surface area (Å²) in [6, 6.07) is 16.7. The van der Waals surface area contributed by atoms with Crippen molar-refractivity contribution in [2.45, 2.75) is 13.8 Å². The Balaban J connectivity index is 1.75. The molecule has 1 aromatic heterocycles. The topological polar surface area (TPSA) is 77.8 Å². The first-order chi connectivity index (χ1) is 12.5. The van der Waals surface area contributed by atoms with E-state index in [1.165, 1.54) is 6.20 Å². The molecule has 5 heteroatoms. The molecule has 3 rings (SSSR count). The number of benzene rings is 2. The number of carbonyl (C=O) groups is 1. The van der Waals surface area contributed by atoms with E-state index in [4.69, 9.17) is 5.26 Å². The van der Waals surface area contributed by atoms with Gasteiger partial charge in [-0.2, -0.15) is 5.26 Å². The summed E-state index contributed by atoms with van der Waals surface area (Å²) in [4.78, 5) is 16.6. The molecule has 0 fully saturated rings. The highest BCUT2D eigenvalue weighted by molar-refractivity contribution is 6.04. The largest absolute Gasteiger partial charge is 0.354 e. The van der Waals surface area contributed by atoms with Gasteiger partial charge in [0.05, 0.1) is 29.1 Å². The number of carbonyl (C=O) groups excluding carboxylic acids is 1. The number of pyridine rings is 1. The number of anilines is 3. The first-order valence-electron chi connectivity index (χ1n) is 8.15. The highest BCUT2D eigenvalue weighted by Crippen LogP contribution is 2.20. The SMILES string of the molecule is Cc1cc(C)cc(Nc2cncc(C(=O)Nc3ccc(C#N)cc3)c2)c1. The molecule has 2 N–H and O–H groups in total. The van der Waals surface area contributed by atoms with Gasteiger partial charge in [-0.3, -0.25) is 9.78 Å². The first kappa shape index (κ1) is 17.2. The lowest BCUT2D eigenvalue weighted by Gasteiger charge is -2.10. The van der Waals surface area contributed by atoms with Crippen molar-refractivity contribution in [1.29, 1.82) is 5.26 Å². The van der Waals surface area contributed by atoms with Crippen LogP contribution < -0.4 is 10.6 Å². The maximum Gasteiger partial charge on any atom is 0.257 e. The van der Waals surface area contributed by atoms with Gasteiger partial charge in [-0.1, -0.05) is 6.07 Å². The zero-order valence-electron chi connectivity index (χ0n) is 14.6. The zero-order chi connectivity index (χ0) is 18.5. The smallest absolute Gasteiger partial charge is 0.257 e. The Hall–Kier alpha value is -3.65. The van der Waals surface area contributed by atoms with Crippen LogP contribution in [0.1, 0.15) is 27.0 Å². The number of rotatable bonds is 4.